The number of carboxylic acids is 1. The average Bonchev–Trinajstić information content (AvgIpc) is 2.94. The second-order valence-electron chi connectivity index (χ2n) is 10.4. The normalized spacial score (nSPS) is 12.7. The number of sulfonamides is 1. The fraction of sp³-hybridized carbons (Fsp3) is 0.258. The summed E-state index contributed by atoms with van der Waals surface area (Å²) in [5, 5.41) is 25.5. The van der Waals surface area contributed by atoms with Crippen molar-refractivity contribution in [2.75, 3.05) is 24.5 Å². The molecule has 0 saturated carbocycles. The molecule has 0 spiro atoms. The molecule has 0 unspecified atom stereocenters. The fourth-order valence-corrected chi connectivity index (χ4v) is 5.65. The highest BCUT2D eigenvalue weighted by molar-refractivity contribution is 7.92. The molecule has 0 fully saturated rings. The number of carbonyl (C=O) groups is 1. The van der Waals surface area contributed by atoms with E-state index in [0.717, 1.165) is 16.8 Å². The van der Waals surface area contributed by atoms with E-state index in [4.69, 9.17) is 4.74 Å². The minimum absolute atomic E-state index is 0.0640. The fourth-order valence-electron chi connectivity index (χ4n) is 4.41. The van der Waals surface area contributed by atoms with Crippen molar-refractivity contribution < 1.29 is 28.2 Å². The summed E-state index contributed by atoms with van der Waals surface area (Å²) >= 11 is 0. The van der Waals surface area contributed by atoms with Crippen LogP contribution in [0.3, 0.4) is 0 Å². The molecule has 0 heterocycles. The van der Waals surface area contributed by atoms with Gasteiger partial charge in [0.2, 0.25) is 0 Å². The number of aliphatic hydroxyl groups excluding tert-OH is 1. The molecule has 0 radical (unpaired) electrons. The maximum Gasteiger partial charge on any atom is 0.335 e. The van der Waals surface area contributed by atoms with Crippen molar-refractivity contribution in [3.8, 4) is 5.75 Å². The van der Waals surface area contributed by atoms with E-state index in [-0.39, 0.29) is 22.6 Å². The molecule has 0 aliphatic carbocycles. The molecule has 40 heavy (non-hydrogen) atoms. The standard InChI is InChI=1S/C31H34N2O6S/c1-31(2,19-22-11-12-23-7-4-5-8-24(23)17-22)32-20-27(34)21-39-28-15-13-26(14-16-28)33(3)40(37,38)29-10-6-9-25(18-29)30(35)36/h4-18,27,32,34H,19-21H2,1-3H3,(H,35,36)/t27-/m1/s1. The molecule has 0 amide bonds. The van der Waals surface area contributed by atoms with Crippen LogP contribution in [0, 0.1) is 0 Å². The number of ether oxygens (including phenoxy) is 1. The van der Waals surface area contributed by atoms with Crippen LogP contribution in [0.25, 0.3) is 10.8 Å². The lowest BCUT2D eigenvalue weighted by Crippen LogP contribution is -2.46. The Morgan fingerprint density at radius 2 is 1.65 bits per heavy atom. The number of anilines is 1. The van der Waals surface area contributed by atoms with Crippen LogP contribution in [-0.4, -0.2) is 56.4 Å². The van der Waals surface area contributed by atoms with Crippen molar-refractivity contribution in [1.82, 2.24) is 5.32 Å². The third-order valence-corrected chi connectivity index (χ3v) is 8.44. The van der Waals surface area contributed by atoms with Crippen LogP contribution in [0.15, 0.2) is 95.9 Å². The number of hydrogen-bond acceptors (Lipinski definition) is 6. The Hall–Kier alpha value is -3.92. The van der Waals surface area contributed by atoms with Gasteiger partial charge in [0.05, 0.1) is 16.1 Å². The van der Waals surface area contributed by atoms with E-state index in [1.54, 1.807) is 24.3 Å². The highest BCUT2D eigenvalue weighted by Gasteiger charge is 2.23. The predicted octanol–water partition coefficient (Wildman–Crippen LogP) is 4.71. The number of aliphatic hydroxyl groups is 1. The number of rotatable bonds is 12. The summed E-state index contributed by atoms with van der Waals surface area (Å²) in [6.07, 6.45) is 0.0456. The maximum atomic E-state index is 13.0. The molecular formula is C31H34N2O6S. The molecular weight excluding hydrogens is 528 g/mol. The summed E-state index contributed by atoms with van der Waals surface area (Å²) in [5.74, 6) is -0.719. The van der Waals surface area contributed by atoms with E-state index in [1.165, 1.54) is 41.6 Å². The number of aromatic carboxylic acids is 1. The molecule has 0 aliphatic rings. The molecule has 0 aliphatic heterocycles. The van der Waals surface area contributed by atoms with Gasteiger partial charge in [-0.15, -0.1) is 0 Å². The second-order valence-corrected chi connectivity index (χ2v) is 12.4. The summed E-state index contributed by atoms with van der Waals surface area (Å²) < 4.78 is 32.8. The van der Waals surface area contributed by atoms with Gasteiger partial charge in [-0.3, -0.25) is 4.31 Å². The van der Waals surface area contributed by atoms with E-state index >= 15 is 0 Å². The summed E-state index contributed by atoms with van der Waals surface area (Å²) in [6, 6.07) is 26.3. The molecule has 4 aromatic rings. The van der Waals surface area contributed by atoms with Gasteiger partial charge in [0, 0.05) is 19.1 Å². The zero-order valence-electron chi connectivity index (χ0n) is 22.7. The quantitative estimate of drug-likeness (QED) is 0.229. The van der Waals surface area contributed by atoms with Gasteiger partial charge >= 0.3 is 5.97 Å². The summed E-state index contributed by atoms with van der Waals surface area (Å²) in [7, 11) is -2.56. The lowest BCUT2D eigenvalue weighted by molar-refractivity contribution is 0.0696. The van der Waals surface area contributed by atoms with Crippen molar-refractivity contribution in [3.05, 3.63) is 102 Å². The average molecular weight is 563 g/mol. The molecule has 210 valence electrons. The van der Waals surface area contributed by atoms with Crippen molar-refractivity contribution in [2.45, 2.75) is 36.8 Å². The monoisotopic (exact) mass is 562 g/mol. The largest absolute Gasteiger partial charge is 0.491 e. The summed E-state index contributed by atoms with van der Waals surface area (Å²) in [5.41, 5.74) is 1.24. The predicted molar refractivity (Wildman–Crippen MR) is 157 cm³/mol. The van der Waals surface area contributed by atoms with Gasteiger partial charge in [-0.1, -0.05) is 48.5 Å². The molecule has 4 aromatic carbocycles. The van der Waals surface area contributed by atoms with E-state index in [9.17, 15) is 23.4 Å². The number of nitrogens with zero attached hydrogens (tertiary/aromatic N) is 1. The molecule has 1 atom stereocenters. The van der Waals surface area contributed by atoms with Crippen LogP contribution in [0.1, 0.15) is 29.8 Å². The van der Waals surface area contributed by atoms with Crippen molar-refractivity contribution in [2.24, 2.45) is 0 Å². The first-order valence-corrected chi connectivity index (χ1v) is 14.3. The van der Waals surface area contributed by atoms with Gasteiger partial charge < -0.3 is 20.3 Å². The first-order chi connectivity index (χ1) is 18.9. The maximum absolute atomic E-state index is 13.0. The molecule has 4 rings (SSSR count). The van der Waals surface area contributed by atoms with Crippen molar-refractivity contribution in [1.29, 1.82) is 0 Å². The van der Waals surface area contributed by atoms with Crippen LogP contribution in [0.5, 0.6) is 5.75 Å². The first-order valence-electron chi connectivity index (χ1n) is 12.9. The highest BCUT2D eigenvalue weighted by atomic mass is 32.2. The van der Waals surface area contributed by atoms with Gasteiger partial charge in [0.25, 0.3) is 10.0 Å². The molecule has 0 bridgehead atoms. The lowest BCUT2D eigenvalue weighted by Gasteiger charge is -2.28. The Morgan fingerprint density at radius 3 is 2.35 bits per heavy atom. The Balaban J connectivity index is 1.29. The van der Waals surface area contributed by atoms with E-state index in [1.807, 2.05) is 12.1 Å². The Labute approximate surface area is 234 Å². The third kappa shape index (κ3) is 7.18. The number of β-amino-alcohol motifs (C(OH)–C–C–N with tert-alkyl or cyclic N) is 1. The van der Waals surface area contributed by atoms with Gasteiger partial charge in [-0.05, 0) is 79.1 Å². The van der Waals surface area contributed by atoms with Gasteiger partial charge in [0.1, 0.15) is 18.5 Å². The van der Waals surface area contributed by atoms with Crippen LogP contribution in [-0.2, 0) is 16.4 Å². The van der Waals surface area contributed by atoms with E-state index in [2.05, 4.69) is 49.5 Å². The van der Waals surface area contributed by atoms with Crippen LogP contribution >= 0.6 is 0 Å². The van der Waals surface area contributed by atoms with Gasteiger partial charge in [-0.25, -0.2) is 13.2 Å². The molecule has 9 heteroatoms. The third-order valence-electron chi connectivity index (χ3n) is 6.66. The van der Waals surface area contributed by atoms with Crippen LogP contribution in [0.2, 0.25) is 0 Å². The second kappa shape index (κ2) is 12.1. The zero-order valence-corrected chi connectivity index (χ0v) is 23.6. The molecule has 0 saturated heterocycles. The minimum Gasteiger partial charge on any atom is -0.491 e. The van der Waals surface area contributed by atoms with Gasteiger partial charge in [-0.2, -0.15) is 0 Å². The van der Waals surface area contributed by atoms with Gasteiger partial charge in [0.15, 0.2) is 0 Å². The molecule has 3 N–H and O–H groups in total. The number of fused-ring (bicyclic) bond motifs is 1. The van der Waals surface area contributed by atoms with Crippen LogP contribution in [0.4, 0.5) is 5.69 Å². The number of benzene rings is 4. The Morgan fingerprint density at radius 1 is 0.950 bits per heavy atom. The Bertz CT molecular complexity index is 1590. The van der Waals surface area contributed by atoms with E-state index in [0.29, 0.717) is 18.0 Å². The number of hydrogen-bond donors (Lipinski definition) is 3. The lowest BCUT2D eigenvalue weighted by atomic mass is 9.93. The summed E-state index contributed by atoms with van der Waals surface area (Å²) in [6.45, 7) is 4.59. The minimum atomic E-state index is -3.96. The molecule has 8 nitrogen and oxygen atoms in total. The van der Waals surface area contributed by atoms with E-state index < -0.39 is 22.1 Å². The molecule has 0 aromatic heterocycles. The first kappa shape index (κ1) is 29.1. The SMILES string of the molecule is CN(c1ccc(OC[C@H](O)CNC(C)(C)Cc2ccc3ccccc3c2)cc1)S(=O)(=O)c1cccc(C(=O)O)c1. The van der Waals surface area contributed by atoms with Crippen molar-refractivity contribution in [3.63, 3.8) is 0 Å². The van der Waals surface area contributed by atoms with Crippen molar-refractivity contribution >= 4 is 32.5 Å². The Kier molecular flexibility index (Phi) is 8.78. The van der Waals surface area contributed by atoms with Crippen LogP contribution < -0.4 is 14.4 Å². The number of carboxylic acid groups (broad SMARTS) is 1. The number of nitrogens with one attached hydrogen (secondary N) is 1. The summed E-state index contributed by atoms with van der Waals surface area (Å²) in [4.78, 5) is 11.1. The zero-order chi connectivity index (χ0) is 28.9. The topological polar surface area (TPSA) is 116 Å². The smallest absolute Gasteiger partial charge is 0.335 e. The highest BCUT2D eigenvalue weighted by Crippen LogP contribution is 2.25.